The van der Waals surface area contributed by atoms with Gasteiger partial charge in [-0.2, -0.15) is 0 Å². The van der Waals surface area contributed by atoms with Crippen LogP contribution in [0.15, 0.2) is 12.1 Å². The molecular formula is C11H14N2O5. The lowest BCUT2D eigenvalue weighted by Crippen LogP contribution is -2.29. The molecule has 0 bridgehead atoms. The summed E-state index contributed by atoms with van der Waals surface area (Å²) in [4.78, 5) is 21.8. The Morgan fingerprint density at radius 2 is 1.56 bits per heavy atom. The average molecular weight is 254 g/mol. The zero-order valence-corrected chi connectivity index (χ0v) is 10.3. The van der Waals surface area contributed by atoms with Gasteiger partial charge in [0.25, 0.3) is 0 Å². The highest BCUT2D eigenvalue weighted by Crippen LogP contribution is 2.39. The third kappa shape index (κ3) is 2.82. The Morgan fingerprint density at radius 1 is 1.06 bits per heavy atom. The molecule has 1 aromatic rings. The van der Waals surface area contributed by atoms with Gasteiger partial charge in [-0.1, -0.05) is 0 Å². The maximum atomic E-state index is 11.2. The first-order valence-electron chi connectivity index (χ1n) is 4.94. The van der Waals surface area contributed by atoms with E-state index in [0.717, 1.165) is 0 Å². The summed E-state index contributed by atoms with van der Waals surface area (Å²) in [6, 6.07) is 2.98. The van der Waals surface area contributed by atoms with Gasteiger partial charge in [0.15, 0.2) is 11.5 Å². The van der Waals surface area contributed by atoms with Crippen LogP contribution in [0, 0.1) is 0 Å². The highest BCUT2D eigenvalue weighted by atomic mass is 16.5. The van der Waals surface area contributed by atoms with E-state index in [4.69, 9.17) is 19.9 Å². The topological polar surface area (TPSA) is 99.9 Å². The number of hydrogen-bond donors (Lipinski definition) is 2. The molecule has 1 aromatic carbocycles. The monoisotopic (exact) mass is 254 g/mol. The van der Waals surface area contributed by atoms with Crippen LogP contribution in [0.5, 0.6) is 17.2 Å². The average Bonchev–Trinajstić information content (AvgIpc) is 2.37. The number of benzene rings is 1. The molecule has 0 radical (unpaired) electrons. The van der Waals surface area contributed by atoms with Crippen molar-refractivity contribution in [2.24, 2.45) is 5.73 Å². The summed E-state index contributed by atoms with van der Waals surface area (Å²) in [5, 5.41) is 2.31. The predicted molar refractivity (Wildman–Crippen MR) is 63.9 cm³/mol. The van der Waals surface area contributed by atoms with Gasteiger partial charge in [0.2, 0.25) is 5.75 Å². The molecule has 0 saturated carbocycles. The van der Waals surface area contributed by atoms with Gasteiger partial charge in [-0.05, 0) is 0 Å². The fraction of sp³-hybridized carbons (Fsp3) is 0.273. The van der Waals surface area contributed by atoms with Crippen molar-refractivity contribution in [2.45, 2.75) is 0 Å². The summed E-state index contributed by atoms with van der Waals surface area (Å²) in [5.41, 5.74) is 5.16. The zero-order valence-electron chi connectivity index (χ0n) is 10.3. The van der Waals surface area contributed by atoms with E-state index in [0.29, 0.717) is 22.9 Å². The fourth-order valence-electron chi connectivity index (χ4n) is 1.35. The molecule has 0 saturated heterocycles. The van der Waals surface area contributed by atoms with Gasteiger partial charge in [-0.15, -0.1) is 0 Å². The minimum atomic E-state index is -1.08. The lowest BCUT2D eigenvalue weighted by molar-refractivity contribution is -0.134. The van der Waals surface area contributed by atoms with Crippen LogP contribution in [-0.2, 0) is 9.59 Å². The van der Waals surface area contributed by atoms with Crippen molar-refractivity contribution in [3.63, 3.8) is 0 Å². The first-order valence-corrected chi connectivity index (χ1v) is 4.94. The summed E-state index contributed by atoms with van der Waals surface area (Å²) < 4.78 is 15.3. The molecule has 0 aliphatic carbocycles. The minimum Gasteiger partial charge on any atom is -0.493 e. The van der Waals surface area contributed by atoms with E-state index >= 15 is 0 Å². The third-order valence-electron chi connectivity index (χ3n) is 2.15. The number of methoxy groups -OCH3 is 3. The summed E-state index contributed by atoms with van der Waals surface area (Å²) in [5.74, 6) is -0.904. The van der Waals surface area contributed by atoms with Crippen LogP contribution in [0.25, 0.3) is 0 Å². The van der Waals surface area contributed by atoms with Crippen molar-refractivity contribution < 1.29 is 23.8 Å². The Labute approximate surface area is 104 Å². The summed E-state index contributed by atoms with van der Waals surface area (Å²) in [7, 11) is 4.34. The molecular weight excluding hydrogens is 240 g/mol. The highest BCUT2D eigenvalue weighted by Gasteiger charge is 2.15. The van der Waals surface area contributed by atoms with Gasteiger partial charge in [0.05, 0.1) is 21.3 Å². The van der Waals surface area contributed by atoms with Crippen LogP contribution in [0.2, 0.25) is 0 Å². The number of carbonyl (C=O) groups excluding carboxylic acids is 2. The van der Waals surface area contributed by atoms with E-state index in [1.54, 1.807) is 0 Å². The third-order valence-corrected chi connectivity index (χ3v) is 2.15. The molecule has 3 N–H and O–H groups in total. The van der Waals surface area contributed by atoms with Crippen molar-refractivity contribution in [2.75, 3.05) is 26.6 Å². The Hall–Kier alpha value is -2.44. The van der Waals surface area contributed by atoms with E-state index < -0.39 is 11.8 Å². The quantitative estimate of drug-likeness (QED) is 0.744. The van der Waals surface area contributed by atoms with E-state index in [1.165, 1.54) is 33.5 Å². The number of primary amides is 1. The molecule has 0 spiro atoms. The Kier molecular flexibility index (Phi) is 4.36. The van der Waals surface area contributed by atoms with Gasteiger partial charge >= 0.3 is 11.8 Å². The SMILES string of the molecule is COc1cc(NC(=O)C(N)=O)cc(OC)c1OC. The molecule has 7 heteroatoms. The van der Waals surface area contributed by atoms with Crippen molar-refractivity contribution in [1.82, 2.24) is 0 Å². The molecule has 7 nitrogen and oxygen atoms in total. The summed E-state index contributed by atoms with van der Waals surface area (Å²) in [6.07, 6.45) is 0. The number of nitrogens with two attached hydrogens (primary N) is 1. The van der Waals surface area contributed by atoms with Gasteiger partial charge in [0, 0.05) is 17.8 Å². The largest absolute Gasteiger partial charge is 0.493 e. The van der Waals surface area contributed by atoms with Crippen LogP contribution in [-0.4, -0.2) is 33.1 Å². The minimum absolute atomic E-state index is 0.313. The second kappa shape index (κ2) is 5.76. The maximum absolute atomic E-state index is 11.2. The van der Waals surface area contributed by atoms with Crippen LogP contribution in [0.3, 0.4) is 0 Å². The summed E-state index contributed by atoms with van der Waals surface area (Å²) in [6.45, 7) is 0. The molecule has 1 rings (SSSR count). The molecule has 0 atom stereocenters. The van der Waals surface area contributed by atoms with Crippen LogP contribution in [0.1, 0.15) is 0 Å². The number of hydrogen-bond acceptors (Lipinski definition) is 5. The molecule has 0 heterocycles. The molecule has 2 amide bonds. The van der Waals surface area contributed by atoms with E-state index in [1.807, 2.05) is 0 Å². The standard InChI is InChI=1S/C11H14N2O5/c1-16-7-4-6(13-11(15)10(12)14)5-8(17-2)9(7)18-3/h4-5H,1-3H3,(H2,12,14)(H,13,15). The molecule has 18 heavy (non-hydrogen) atoms. The predicted octanol–water partition coefficient (Wildman–Crippen LogP) is 0.136. The number of amides is 2. The van der Waals surface area contributed by atoms with Crippen molar-refractivity contribution in [3.8, 4) is 17.2 Å². The molecule has 0 aliphatic heterocycles. The smallest absolute Gasteiger partial charge is 0.313 e. The number of nitrogens with one attached hydrogen (secondary N) is 1. The Morgan fingerprint density at radius 3 is 1.89 bits per heavy atom. The summed E-state index contributed by atoms with van der Waals surface area (Å²) >= 11 is 0. The second-order valence-electron chi connectivity index (χ2n) is 3.23. The normalized spacial score (nSPS) is 9.50. The molecule has 0 aliphatic rings. The highest BCUT2D eigenvalue weighted by molar-refractivity contribution is 6.39. The number of ether oxygens (including phenoxy) is 3. The Bertz CT molecular complexity index is 447. The Balaban J connectivity index is 3.15. The lowest BCUT2D eigenvalue weighted by atomic mass is 10.2. The molecule has 98 valence electrons. The molecule has 0 aromatic heterocycles. The first kappa shape index (κ1) is 13.6. The van der Waals surface area contributed by atoms with E-state index in [2.05, 4.69) is 5.32 Å². The van der Waals surface area contributed by atoms with Crippen molar-refractivity contribution in [3.05, 3.63) is 12.1 Å². The lowest BCUT2D eigenvalue weighted by Gasteiger charge is -2.14. The first-order chi connectivity index (χ1) is 8.53. The fourth-order valence-corrected chi connectivity index (χ4v) is 1.35. The van der Waals surface area contributed by atoms with Gasteiger partial charge in [-0.3, -0.25) is 9.59 Å². The van der Waals surface area contributed by atoms with Gasteiger partial charge in [-0.25, -0.2) is 0 Å². The van der Waals surface area contributed by atoms with Crippen molar-refractivity contribution in [1.29, 1.82) is 0 Å². The van der Waals surface area contributed by atoms with Gasteiger partial charge < -0.3 is 25.3 Å². The second-order valence-corrected chi connectivity index (χ2v) is 3.23. The molecule has 0 unspecified atom stereocenters. The van der Waals surface area contributed by atoms with Crippen LogP contribution < -0.4 is 25.3 Å². The van der Waals surface area contributed by atoms with Crippen molar-refractivity contribution >= 4 is 17.5 Å². The zero-order chi connectivity index (χ0) is 13.7. The number of anilines is 1. The maximum Gasteiger partial charge on any atom is 0.313 e. The number of rotatable bonds is 4. The van der Waals surface area contributed by atoms with Gasteiger partial charge in [0.1, 0.15) is 0 Å². The molecule has 0 fully saturated rings. The number of carbonyl (C=O) groups is 2. The van der Waals surface area contributed by atoms with E-state index in [-0.39, 0.29) is 0 Å². The van der Waals surface area contributed by atoms with E-state index in [9.17, 15) is 9.59 Å². The van der Waals surface area contributed by atoms with Crippen LogP contribution >= 0.6 is 0 Å². The van der Waals surface area contributed by atoms with Crippen LogP contribution in [0.4, 0.5) is 5.69 Å².